The molecule has 2 aromatic rings. The molecule has 0 aromatic carbocycles. The van der Waals surface area contributed by atoms with Gasteiger partial charge in [-0.2, -0.15) is 0 Å². The van der Waals surface area contributed by atoms with Crippen molar-refractivity contribution >= 4 is 33.7 Å². The molecule has 1 amide bonds. The van der Waals surface area contributed by atoms with Crippen LogP contribution in [0.1, 0.15) is 40.3 Å². The van der Waals surface area contributed by atoms with E-state index >= 15 is 0 Å². The summed E-state index contributed by atoms with van der Waals surface area (Å²) in [7, 11) is 0. The fraction of sp³-hybridized carbons (Fsp3) is 0.571. The fourth-order valence-corrected chi connectivity index (χ4v) is 3.67. The lowest BCUT2D eigenvalue weighted by molar-refractivity contribution is 0.0341. The minimum absolute atomic E-state index is 0.235. The molecule has 1 aliphatic heterocycles. The first-order chi connectivity index (χ1) is 11.1. The number of thiazole rings is 1. The van der Waals surface area contributed by atoms with Gasteiger partial charge in [-0.05, 0) is 0 Å². The van der Waals surface area contributed by atoms with Crippen LogP contribution in [0.5, 0.6) is 0 Å². The Bertz CT molecular complexity index is 664. The number of nitrogens with one attached hydrogen (secondary N) is 1. The lowest BCUT2D eigenvalue weighted by atomic mass is 10.2. The molecule has 0 radical (unpaired) electrons. The minimum atomic E-state index is -0.235. The molecule has 0 spiro atoms. The van der Waals surface area contributed by atoms with Crippen LogP contribution in [0, 0.1) is 0 Å². The summed E-state index contributed by atoms with van der Waals surface area (Å²) in [5, 5.41) is 15.0. The Morgan fingerprint density at radius 3 is 2.87 bits per heavy atom. The van der Waals surface area contributed by atoms with E-state index in [1.807, 2.05) is 13.8 Å². The quantitative estimate of drug-likeness (QED) is 0.888. The first-order valence-corrected chi connectivity index (χ1v) is 9.20. The van der Waals surface area contributed by atoms with E-state index in [0.717, 1.165) is 42.9 Å². The summed E-state index contributed by atoms with van der Waals surface area (Å²) < 4.78 is 5.33. The van der Waals surface area contributed by atoms with Crippen molar-refractivity contribution in [1.29, 1.82) is 0 Å². The SMILES string of the molecule is CC(C)c1nnc(NC(=O)c2csc(CN3CCOCC3)n2)s1. The third kappa shape index (κ3) is 4.31. The Hall–Kier alpha value is -1.42. The zero-order valence-electron chi connectivity index (χ0n) is 13.1. The molecule has 1 aliphatic rings. The summed E-state index contributed by atoms with van der Waals surface area (Å²) in [4.78, 5) is 18.9. The fourth-order valence-electron chi connectivity index (χ4n) is 2.12. The maximum absolute atomic E-state index is 12.2. The highest BCUT2D eigenvalue weighted by Crippen LogP contribution is 2.23. The van der Waals surface area contributed by atoms with E-state index in [1.165, 1.54) is 22.7 Å². The molecule has 1 N–H and O–H groups in total. The predicted molar refractivity (Wildman–Crippen MR) is 90.2 cm³/mol. The highest BCUT2D eigenvalue weighted by molar-refractivity contribution is 7.15. The number of hydrogen-bond donors (Lipinski definition) is 1. The van der Waals surface area contributed by atoms with Gasteiger partial charge in [-0.3, -0.25) is 15.0 Å². The van der Waals surface area contributed by atoms with Crippen LogP contribution in [0.25, 0.3) is 0 Å². The van der Waals surface area contributed by atoms with Crippen LogP contribution in [0.2, 0.25) is 0 Å². The maximum atomic E-state index is 12.2. The molecule has 7 nitrogen and oxygen atoms in total. The van der Waals surface area contributed by atoms with Gasteiger partial charge in [0.15, 0.2) is 0 Å². The number of nitrogens with zero attached hydrogens (tertiary/aromatic N) is 4. The number of anilines is 1. The molecule has 1 saturated heterocycles. The van der Waals surface area contributed by atoms with Crippen LogP contribution in [0.4, 0.5) is 5.13 Å². The zero-order valence-corrected chi connectivity index (χ0v) is 14.7. The Balaban J connectivity index is 1.59. The van der Waals surface area contributed by atoms with Crippen LogP contribution in [0.15, 0.2) is 5.38 Å². The molecule has 0 bridgehead atoms. The number of carbonyl (C=O) groups excluding carboxylic acids is 1. The van der Waals surface area contributed by atoms with Gasteiger partial charge in [0.1, 0.15) is 15.7 Å². The monoisotopic (exact) mass is 353 g/mol. The molecule has 9 heteroatoms. The van der Waals surface area contributed by atoms with E-state index in [4.69, 9.17) is 4.74 Å². The van der Waals surface area contributed by atoms with Crippen LogP contribution < -0.4 is 5.32 Å². The van der Waals surface area contributed by atoms with Crippen molar-refractivity contribution in [2.75, 3.05) is 31.6 Å². The van der Waals surface area contributed by atoms with E-state index in [0.29, 0.717) is 16.7 Å². The van der Waals surface area contributed by atoms with E-state index in [9.17, 15) is 4.79 Å². The maximum Gasteiger partial charge on any atom is 0.276 e. The van der Waals surface area contributed by atoms with Gasteiger partial charge in [0.05, 0.1) is 19.8 Å². The number of aromatic nitrogens is 3. The molecule has 3 heterocycles. The van der Waals surface area contributed by atoms with Gasteiger partial charge in [-0.25, -0.2) is 4.98 Å². The molecule has 0 saturated carbocycles. The van der Waals surface area contributed by atoms with Crippen molar-refractivity contribution in [3.05, 3.63) is 21.1 Å². The predicted octanol–water partition coefficient (Wildman–Crippen LogP) is 2.20. The number of hydrogen-bond acceptors (Lipinski definition) is 8. The molecule has 2 aromatic heterocycles. The molecule has 0 aliphatic carbocycles. The second kappa shape index (κ2) is 7.43. The summed E-state index contributed by atoms with van der Waals surface area (Å²) in [5.74, 6) is 0.0680. The number of amides is 1. The van der Waals surface area contributed by atoms with Crippen molar-refractivity contribution in [2.24, 2.45) is 0 Å². The van der Waals surface area contributed by atoms with Crippen LogP contribution >= 0.6 is 22.7 Å². The van der Waals surface area contributed by atoms with Crippen LogP contribution in [0.3, 0.4) is 0 Å². The van der Waals surface area contributed by atoms with Gasteiger partial charge >= 0.3 is 0 Å². The second-order valence-electron chi connectivity index (χ2n) is 5.57. The lowest BCUT2D eigenvalue weighted by Gasteiger charge is -2.25. The highest BCUT2D eigenvalue weighted by atomic mass is 32.1. The lowest BCUT2D eigenvalue weighted by Crippen LogP contribution is -2.35. The highest BCUT2D eigenvalue weighted by Gasteiger charge is 2.17. The van der Waals surface area contributed by atoms with Crippen molar-refractivity contribution in [3.8, 4) is 0 Å². The van der Waals surface area contributed by atoms with E-state index in [2.05, 4.69) is 25.4 Å². The molecule has 23 heavy (non-hydrogen) atoms. The summed E-state index contributed by atoms with van der Waals surface area (Å²) in [6, 6.07) is 0. The van der Waals surface area contributed by atoms with E-state index in [-0.39, 0.29) is 5.91 Å². The third-order valence-electron chi connectivity index (χ3n) is 3.40. The summed E-state index contributed by atoms with van der Waals surface area (Å²) in [6.45, 7) is 8.18. The first-order valence-electron chi connectivity index (χ1n) is 7.51. The second-order valence-corrected chi connectivity index (χ2v) is 7.52. The summed E-state index contributed by atoms with van der Waals surface area (Å²) in [5.41, 5.74) is 0.430. The number of morpholine rings is 1. The Labute approximate surface area is 142 Å². The van der Waals surface area contributed by atoms with Gasteiger partial charge < -0.3 is 4.74 Å². The molecular weight excluding hydrogens is 334 g/mol. The van der Waals surface area contributed by atoms with Crippen molar-refractivity contribution in [2.45, 2.75) is 26.3 Å². The van der Waals surface area contributed by atoms with Crippen LogP contribution in [-0.2, 0) is 11.3 Å². The smallest absolute Gasteiger partial charge is 0.276 e. The molecule has 1 fully saturated rings. The van der Waals surface area contributed by atoms with E-state index < -0.39 is 0 Å². The zero-order chi connectivity index (χ0) is 16.2. The molecule has 3 rings (SSSR count). The molecule has 0 atom stereocenters. The third-order valence-corrected chi connectivity index (χ3v) is 5.37. The van der Waals surface area contributed by atoms with Gasteiger partial charge in [-0.1, -0.05) is 25.2 Å². The Kier molecular flexibility index (Phi) is 5.31. The largest absolute Gasteiger partial charge is 0.379 e. The number of rotatable bonds is 5. The topological polar surface area (TPSA) is 80.2 Å². The van der Waals surface area contributed by atoms with E-state index in [1.54, 1.807) is 5.38 Å². The van der Waals surface area contributed by atoms with Gasteiger partial charge in [0.25, 0.3) is 5.91 Å². The number of ether oxygens (including phenoxy) is 1. The van der Waals surface area contributed by atoms with Crippen molar-refractivity contribution in [3.63, 3.8) is 0 Å². The average molecular weight is 353 g/mol. The molecular formula is C14H19N5O2S2. The normalized spacial score (nSPS) is 16.0. The summed E-state index contributed by atoms with van der Waals surface area (Å²) >= 11 is 2.90. The summed E-state index contributed by atoms with van der Waals surface area (Å²) in [6.07, 6.45) is 0. The van der Waals surface area contributed by atoms with Crippen molar-refractivity contribution < 1.29 is 9.53 Å². The number of carbonyl (C=O) groups is 1. The Morgan fingerprint density at radius 2 is 2.17 bits per heavy atom. The Morgan fingerprint density at radius 1 is 1.39 bits per heavy atom. The van der Waals surface area contributed by atoms with Gasteiger partial charge in [0, 0.05) is 24.4 Å². The standard InChI is InChI=1S/C14H19N5O2S2/c1-9(2)13-17-18-14(23-13)16-12(20)10-8-22-11(15-10)7-19-3-5-21-6-4-19/h8-9H,3-7H2,1-2H3,(H,16,18,20). The van der Waals surface area contributed by atoms with Crippen molar-refractivity contribution in [1.82, 2.24) is 20.1 Å². The van der Waals surface area contributed by atoms with Gasteiger partial charge in [-0.15, -0.1) is 21.5 Å². The van der Waals surface area contributed by atoms with Crippen LogP contribution in [-0.4, -0.2) is 52.3 Å². The first kappa shape index (κ1) is 16.4. The van der Waals surface area contributed by atoms with Gasteiger partial charge in [0.2, 0.25) is 5.13 Å². The molecule has 0 unspecified atom stereocenters. The average Bonchev–Trinajstić information content (AvgIpc) is 3.18. The molecule has 124 valence electrons. The minimum Gasteiger partial charge on any atom is -0.379 e.